The summed E-state index contributed by atoms with van der Waals surface area (Å²) in [6.07, 6.45) is 0.838. The minimum Gasteiger partial charge on any atom is -0.377 e. The van der Waals surface area contributed by atoms with Gasteiger partial charge in [0, 0.05) is 5.38 Å². The highest BCUT2D eigenvalue weighted by Gasteiger charge is 2.13. The molecule has 2 rings (SSSR count). The van der Waals surface area contributed by atoms with Crippen LogP contribution in [0.25, 0.3) is 0 Å². The number of benzene rings is 1. The molecule has 1 heterocycles. The van der Waals surface area contributed by atoms with Crippen LogP contribution in [0.4, 0.5) is 18.9 Å². The highest BCUT2D eigenvalue weighted by atomic mass is 32.1. The molecule has 0 atom stereocenters. The molecule has 0 aliphatic heterocycles. The number of anilines is 1. The Morgan fingerprint density at radius 2 is 2.00 bits per heavy atom. The van der Waals surface area contributed by atoms with Crippen molar-refractivity contribution in [3.05, 3.63) is 45.7 Å². The van der Waals surface area contributed by atoms with Gasteiger partial charge in [0.25, 0.3) is 0 Å². The number of nitrogens with zero attached hydrogens (tertiary/aromatic N) is 1. The van der Waals surface area contributed by atoms with Gasteiger partial charge in [-0.2, -0.15) is 0 Å². The molecule has 0 aliphatic rings. The van der Waals surface area contributed by atoms with Gasteiger partial charge in [-0.3, -0.25) is 0 Å². The van der Waals surface area contributed by atoms with Gasteiger partial charge in [-0.05, 0) is 18.6 Å². The number of aryl methyl sites for hydroxylation is 1. The monoisotopic (exact) mass is 272 g/mol. The summed E-state index contributed by atoms with van der Waals surface area (Å²) < 4.78 is 39.0. The van der Waals surface area contributed by atoms with Gasteiger partial charge in [-0.25, -0.2) is 18.2 Å². The molecule has 0 amide bonds. The van der Waals surface area contributed by atoms with Crippen molar-refractivity contribution in [3.8, 4) is 0 Å². The molecule has 2 nitrogen and oxygen atoms in total. The largest absolute Gasteiger partial charge is 0.377 e. The Morgan fingerprint density at radius 3 is 2.67 bits per heavy atom. The molecule has 0 saturated carbocycles. The first kappa shape index (κ1) is 12.9. The molecule has 0 saturated heterocycles. The van der Waals surface area contributed by atoms with Crippen molar-refractivity contribution >= 4 is 17.0 Å². The van der Waals surface area contributed by atoms with Crippen molar-refractivity contribution in [2.45, 2.75) is 19.9 Å². The Balaban J connectivity index is 2.08. The van der Waals surface area contributed by atoms with Gasteiger partial charge >= 0.3 is 0 Å². The highest BCUT2D eigenvalue weighted by molar-refractivity contribution is 7.09. The number of thiazole rings is 1. The van der Waals surface area contributed by atoms with Gasteiger partial charge < -0.3 is 5.32 Å². The first-order valence-corrected chi connectivity index (χ1v) is 6.30. The molecule has 1 aromatic heterocycles. The number of rotatable bonds is 4. The summed E-state index contributed by atoms with van der Waals surface area (Å²) in [5.74, 6) is -3.87. The highest BCUT2D eigenvalue weighted by Crippen LogP contribution is 2.20. The van der Waals surface area contributed by atoms with Crippen LogP contribution in [0, 0.1) is 17.5 Å². The molecule has 0 fully saturated rings. The summed E-state index contributed by atoms with van der Waals surface area (Å²) in [6, 6.07) is 2.06. The average Bonchev–Trinajstić information content (AvgIpc) is 2.83. The van der Waals surface area contributed by atoms with Crippen LogP contribution >= 0.6 is 11.3 Å². The molecule has 0 bridgehead atoms. The maximum Gasteiger partial charge on any atom is 0.196 e. The fraction of sp³-hybridized carbons (Fsp3) is 0.250. The second kappa shape index (κ2) is 5.39. The summed E-state index contributed by atoms with van der Waals surface area (Å²) in [4.78, 5) is 4.28. The Labute approximate surface area is 106 Å². The van der Waals surface area contributed by atoms with E-state index in [1.165, 1.54) is 17.4 Å². The van der Waals surface area contributed by atoms with Gasteiger partial charge in [0.1, 0.15) is 0 Å². The van der Waals surface area contributed by atoms with E-state index in [0.29, 0.717) is 0 Å². The van der Waals surface area contributed by atoms with E-state index in [0.717, 1.165) is 23.2 Å². The molecule has 1 aromatic carbocycles. The molecular weight excluding hydrogens is 261 g/mol. The van der Waals surface area contributed by atoms with Gasteiger partial charge in [-0.15, -0.1) is 11.3 Å². The lowest BCUT2D eigenvalue weighted by atomic mass is 10.2. The molecule has 0 unspecified atom stereocenters. The summed E-state index contributed by atoms with van der Waals surface area (Å²) in [7, 11) is 0. The first-order chi connectivity index (χ1) is 8.61. The van der Waals surface area contributed by atoms with E-state index >= 15 is 0 Å². The molecule has 0 aliphatic carbocycles. The molecule has 18 heavy (non-hydrogen) atoms. The predicted molar refractivity (Wildman–Crippen MR) is 65.1 cm³/mol. The van der Waals surface area contributed by atoms with Crippen molar-refractivity contribution in [2.75, 3.05) is 5.32 Å². The Bertz CT molecular complexity index is 554. The SMILES string of the molecule is CCc1nc(CNc2ccc(F)c(F)c2F)cs1. The lowest BCUT2D eigenvalue weighted by molar-refractivity contribution is 0.449. The quantitative estimate of drug-likeness (QED) is 0.858. The summed E-state index contributed by atoms with van der Waals surface area (Å²) in [6.45, 7) is 2.27. The second-order valence-corrected chi connectivity index (χ2v) is 4.61. The van der Waals surface area contributed by atoms with Crippen LogP contribution in [-0.2, 0) is 13.0 Å². The van der Waals surface area contributed by atoms with Crippen LogP contribution in [0.15, 0.2) is 17.5 Å². The summed E-state index contributed by atoms with van der Waals surface area (Å²) in [5, 5.41) is 5.53. The number of aromatic nitrogens is 1. The van der Waals surface area contributed by atoms with Gasteiger partial charge in [0.05, 0.1) is 22.9 Å². The van der Waals surface area contributed by atoms with Crippen molar-refractivity contribution in [2.24, 2.45) is 0 Å². The van der Waals surface area contributed by atoms with Gasteiger partial charge in [0.15, 0.2) is 17.5 Å². The standard InChI is InChI=1S/C12H11F3N2S/c1-2-10-17-7(6-18-10)5-16-9-4-3-8(13)11(14)12(9)15/h3-4,6,16H,2,5H2,1H3. The van der Waals surface area contributed by atoms with Crippen molar-refractivity contribution < 1.29 is 13.2 Å². The fourth-order valence-electron chi connectivity index (χ4n) is 1.44. The maximum atomic E-state index is 13.3. The smallest absolute Gasteiger partial charge is 0.196 e. The van der Waals surface area contributed by atoms with Crippen molar-refractivity contribution in [1.29, 1.82) is 0 Å². The van der Waals surface area contributed by atoms with Crippen molar-refractivity contribution in [3.63, 3.8) is 0 Å². The van der Waals surface area contributed by atoms with E-state index in [1.54, 1.807) is 0 Å². The van der Waals surface area contributed by atoms with Crippen LogP contribution in [0.5, 0.6) is 0 Å². The number of hydrogen-bond donors (Lipinski definition) is 1. The van der Waals surface area contributed by atoms with Crippen LogP contribution < -0.4 is 5.32 Å². The Morgan fingerprint density at radius 1 is 1.22 bits per heavy atom. The third kappa shape index (κ3) is 2.64. The number of nitrogens with one attached hydrogen (secondary N) is 1. The van der Waals surface area contributed by atoms with Crippen LogP contribution in [0.3, 0.4) is 0 Å². The third-order valence-corrected chi connectivity index (χ3v) is 3.44. The van der Waals surface area contributed by atoms with Crippen LogP contribution in [0.2, 0.25) is 0 Å². The predicted octanol–water partition coefficient (Wildman–Crippen LogP) is 3.73. The summed E-state index contributed by atoms with van der Waals surface area (Å²) in [5.41, 5.74) is 0.681. The molecular formula is C12H11F3N2S. The first-order valence-electron chi connectivity index (χ1n) is 5.42. The number of halogens is 3. The normalized spacial score (nSPS) is 10.7. The van der Waals surface area contributed by atoms with Crippen molar-refractivity contribution in [1.82, 2.24) is 4.98 Å². The molecule has 0 spiro atoms. The fourth-order valence-corrected chi connectivity index (χ4v) is 2.19. The zero-order valence-corrected chi connectivity index (χ0v) is 10.5. The molecule has 6 heteroatoms. The molecule has 1 N–H and O–H groups in total. The molecule has 2 aromatic rings. The van der Waals surface area contributed by atoms with E-state index in [2.05, 4.69) is 10.3 Å². The zero-order chi connectivity index (χ0) is 13.1. The Hall–Kier alpha value is -1.56. The maximum absolute atomic E-state index is 13.3. The average molecular weight is 272 g/mol. The Kier molecular flexibility index (Phi) is 3.86. The van der Waals surface area contributed by atoms with E-state index in [9.17, 15) is 13.2 Å². The number of hydrogen-bond acceptors (Lipinski definition) is 3. The van der Waals surface area contributed by atoms with E-state index < -0.39 is 17.5 Å². The minimum absolute atomic E-state index is 0.0695. The van der Waals surface area contributed by atoms with Crippen LogP contribution in [-0.4, -0.2) is 4.98 Å². The van der Waals surface area contributed by atoms with E-state index in [1.807, 2.05) is 12.3 Å². The van der Waals surface area contributed by atoms with Gasteiger partial charge in [-0.1, -0.05) is 6.92 Å². The minimum atomic E-state index is -1.47. The summed E-state index contributed by atoms with van der Waals surface area (Å²) >= 11 is 1.52. The molecule has 96 valence electrons. The van der Waals surface area contributed by atoms with Gasteiger partial charge in [0.2, 0.25) is 0 Å². The lowest BCUT2D eigenvalue weighted by Crippen LogP contribution is -2.04. The lowest BCUT2D eigenvalue weighted by Gasteiger charge is -2.06. The van der Waals surface area contributed by atoms with Crippen LogP contribution in [0.1, 0.15) is 17.6 Å². The third-order valence-electron chi connectivity index (χ3n) is 2.40. The second-order valence-electron chi connectivity index (χ2n) is 3.66. The topological polar surface area (TPSA) is 24.9 Å². The zero-order valence-electron chi connectivity index (χ0n) is 9.64. The molecule has 0 radical (unpaired) electrons. The van der Waals surface area contributed by atoms with E-state index in [4.69, 9.17) is 0 Å². The van der Waals surface area contributed by atoms with E-state index in [-0.39, 0.29) is 12.2 Å².